The molecule has 5 heteroatoms. The third-order valence-electron chi connectivity index (χ3n) is 3.66. The monoisotopic (exact) mass is 325 g/mol. The van der Waals surface area contributed by atoms with Crippen molar-refractivity contribution in [2.75, 3.05) is 6.54 Å². The molecule has 2 N–H and O–H groups in total. The average Bonchev–Trinajstić information content (AvgIpc) is 3.25. The van der Waals surface area contributed by atoms with Crippen molar-refractivity contribution < 1.29 is 0 Å². The Labute approximate surface area is 136 Å². The summed E-state index contributed by atoms with van der Waals surface area (Å²) in [6.07, 6.45) is 0.820. The summed E-state index contributed by atoms with van der Waals surface area (Å²) in [5, 5.41) is 4.29. The molecule has 0 amide bonds. The maximum atomic E-state index is 5.86. The fourth-order valence-electron chi connectivity index (χ4n) is 2.71. The lowest BCUT2D eigenvalue weighted by Crippen LogP contribution is -2.06. The van der Waals surface area contributed by atoms with Gasteiger partial charge in [0.25, 0.3) is 0 Å². The number of hydrogen-bond donors (Lipinski definition) is 1. The Bertz CT molecular complexity index is 889. The molecular weight excluding hydrogens is 310 g/mol. The van der Waals surface area contributed by atoms with E-state index in [1.54, 1.807) is 22.7 Å². The molecule has 0 fully saturated rings. The van der Waals surface area contributed by atoms with Crippen molar-refractivity contribution >= 4 is 27.6 Å². The molecule has 0 saturated carbocycles. The van der Waals surface area contributed by atoms with E-state index >= 15 is 0 Å². The molecule has 0 unspecified atom stereocenters. The molecule has 110 valence electrons. The lowest BCUT2D eigenvalue weighted by Gasteiger charge is -2.05. The first-order valence-corrected chi connectivity index (χ1v) is 8.92. The molecule has 0 spiro atoms. The van der Waals surface area contributed by atoms with Gasteiger partial charge in [-0.2, -0.15) is 0 Å². The minimum Gasteiger partial charge on any atom is -0.330 e. The maximum Gasteiger partial charge on any atom is 0.194 e. The van der Waals surface area contributed by atoms with E-state index in [2.05, 4.69) is 51.6 Å². The molecule has 0 aliphatic carbocycles. The Hall–Kier alpha value is -1.95. The number of hydrogen-bond acceptors (Lipinski definition) is 4. The molecule has 4 aromatic rings. The van der Waals surface area contributed by atoms with E-state index in [9.17, 15) is 0 Å². The topological polar surface area (TPSA) is 43.3 Å². The van der Waals surface area contributed by atoms with Gasteiger partial charge < -0.3 is 5.73 Å². The van der Waals surface area contributed by atoms with Crippen LogP contribution in [0.2, 0.25) is 0 Å². The highest BCUT2D eigenvalue weighted by Gasteiger charge is 2.18. The van der Waals surface area contributed by atoms with Crippen molar-refractivity contribution in [3.8, 4) is 21.8 Å². The summed E-state index contributed by atoms with van der Waals surface area (Å²) < 4.78 is 2.27. The normalized spacial score (nSPS) is 11.3. The first-order chi connectivity index (χ1) is 10.9. The van der Waals surface area contributed by atoms with E-state index in [0.29, 0.717) is 6.54 Å². The highest BCUT2D eigenvalue weighted by molar-refractivity contribution is 7.17. The molecule has 0 aliphatic heterocycles. The highest BCUT2D eigenvalue weighted by Crippen LogP contribution is 2.34. The van der Waals surface area contributed by atoms with Gasteiger partial charge >= 0.3 is 0 Å². The molecule has 0 bridgehead atoms. The Balaban J connectivity index is 1.98. The van der Waals surface area contributed by atoms with E-state index in [4.69, 9.17) is 10.7 Å². The lowest BCUT2D eigenvalue weighted by atomic mass is 10.1. The molecule has 3 aromatic heterocycles. The van der Waals surface area contributed by atoms with Crippen LogP contribution in [0.25, 0.3) is 26.8 Å². The second-order valence-electron chi connectivity index (χ2n) is 5.03. The van der Waals surface area contributed by atoms with E-state index in [1.807, 2.05) is 6.07 Å². The van der Waals surface area contributed by atoms with Gasteiger partial charge in [-0.3, -0.25) is 4.40 Å². The SMILES string of the molecule is NCCc1c(-c2ccccc2)nc2scc(-c3cccs3)n12. The zero-order valence-electron chi connectivity index (χ0n) is 11.9. The first-order valence-electron chi connectivity index (χ1n) is 7.16. The molecule has 0 aliphatic rings. The molecule has 3 nitrogen and oxygen atoms in total. The number of nitrogens with zero attached hydrogens (tertiary/aromatic N) is 2. The van der Waals surface area contributed by atoms with Gasteiger partial charge in [0.15, 0.2) is 4.96 Å². The number of imidazole rings is 1. The number of aromatic nitrogens is 2. The number of thiazole rings is 1. The van der Waals surface area contributed by atoms with Crippen LogP contribution in [0, 0.1) is 0 Å². The van der Waals surface area contributed by atoms with E-state index in [-0.39, 0.29) is 0 Å². The maximum absolute atomic E-state index is 5.86. The molecule has 0 radical (unpaired) electrons. The van der Waals surface area contributed by atoms with Crippen molar-refractivity contribution in [2.45, 2.75) is 6.42 Å². The van der Waals surface area contributed by atoms with E-state index in [0.717, 1.165) is 22.6 Å². The zero-order chi connectivity index (χ0) is 14.9. The second-order valence-corrected chi connectivity index (χ2v) is 6.81. The number of rotatable bonds is 4. The van der Waals surface area contributed by atoms with Crippen molar-refractivity contribution in [1.82, 2.24) is 9.38 Å². The molecule has 0 atom stereocenters. The smallest absolute Gasteiger partial charge is 0.194 e. The fraction of sp³-hybridized carbons (Fsp3) is 0.118. The summed E-state index contributed by atoms with van der Waals surface area (Å²) in [5.74, 6) is 0. The van der Waals surface area contributed by atoms with Gasteiger partial charge in [0.2, 0.25) is 0 Å². The van der Waals surface area contributed by atoms with Gasteiger partial charge in [-0.15, -0.1) is 22.7 Å². The van der Waals surface area contributed by atoms with Gasteiger partial charge in [0, 0.05) is 17.4 Å². The van der Waals surface area contributed by atoms with Gasteiger partial charge in [0.1, 0.15) is 0 Å². The minimum absolute atomic E-state index is 0.618. The predicted octanol–water partition coefficient (Wildman–Crippen LogP) is 4.29. The van der Waals surface area contributed by atoms with E-state index < -0.39 is 0 Å². The zero-order valence-corrected chi connectivity index (χ0v) is 13.5. The summed E-state index contributed by atoms with van der Waals surface area (Å²) in [6.45, 7) is 0.618. The summed E-state index contributed by atoms with van der Waals surface area (Å²) in [4.78, 5) is 7.16. The molecule has 0 saturated heterocycles. The van der Waals surface area contributed by atoms with Crippen LogP contribution in [0.3, 0.4) is 0 Å². The quantitative estimate of drug-likeness (QED) is 0.608. The lowest BCUT2D eigenvalue weighted by molar-refractivity contribution is 0.914. The van der Waals surface area contributed by atoms with E-state index in [1.165, 1.54) is 16.3 Å². The fourth-order valence-corrected chi connectivity index (χ4v) is 4.42. The minimum atomic E-state index is 0.618. The summed E-state index contributed by atoms with van der Waals surface area (Å²) in [5.41, 5.74) is 10.5. The van der Waals surface area contributed by atoms with Crippen LogP contribution >= 0.6 is 22.7 Å². The highest BCUT2D eigenvalue weighted by atomic mass is 32.1. The Kier molecular flexibility index (Phi) is 3.54. The predicted molar refractivity (Wildman–Crippen MR) is 94.6 cm³/mol. The standard InChI is InChI=1S/C17H15N3S2/c18-9-8-13-16(12-5-2-1-3-6-12)19-17-20(13)14(11-22-17)15-7-4-10-21-15/h1-7,10-11H,8-9,18H2. The van der Waals surface area contributed by atoms with Crippen LogP contribution in [0.15, 0.2) is 53.2 Å². The van der Waals surface area contributed by atoms with Gasteiger partial charge in [0.05, 0.1) is 22.0 Å². The first kappa shape index (κ1) is 13.7. The van der Waals surface area contributed by atoms with Crippen LogP contribution in [0.1, 0.15) is 5.69 Å². The molecule has 3 heterocycles. The third kappa shape index (κ3) is 2.18. The van der Waals surface area contributed by atoms with Crippen molar-refractivity contribution in [3.05, 3.63) is 58.9 Å². The number of thiophene rings is 1. The van der Waals surface area contributed by atoms with Gasteiger partial charge in [-0.05, 0) is 18.0 Å². The van der Waals surface area contributed by atoms with Crippen LogP contribution < -0.4 is 5.73 Å². The van der Waals surface area contributed by atoms with Gasteiger partial charge in [-0.25, -0.2) is 4.98 Å². The number of nitrogens with two attached hydrogens (primary N) is 1. The molecule has 4 rings (SSSR count). The van der Waals surface area contributed by atoms with Crippen molar-refractivity contribution in [1.29, 1.82) is 0 Å². The van der Waals surface area contributed by atoms with Crippen LogP contribution in [-0.4, -0.2) is 15.9 Å². The Morgan fingerprint density at radius 1 is 1.05 bits per heavy atom. The Morgan fingerprint density at radius 2 is 1.91 bits per heavy atom. The molecular formula is C17H15N3S2. The summed E-state index contributed by atoms with van der Waals surface area (Å²) in [6, 6.07) is 14.6. The number of benzene rings is 1. The Morgan fingerprint density at radius 3 is 2.64 bits per heavy atom. The average molecular weight is 325 g/mol. The van der Waals surface area contributed by atoms with Crippen molar-refractivity contribution in [2.24, 2.45) is 5.73 Å². The second kappa shape index (κ2) is 5.68. The summed E-state index contributed by atoms with van der Waals surface area (Å²) in [7, 11) is 0. The molecule has 22 heavy (non-hydrogen) atoms. The van der Waals surface area contributed by atoms with Crippen LogP contribution in [-0.2, 0) is 6.42 Å². The number of fused-ring (bicyclic) bond motifs is 1. The largest absolute Gasteiger partial charge is 0.330 e. The summed E-state index contributed by atoms with van der Waals surface area (Å²) >= 11 is 3.44. The van der Waals surface area contributed by atoms with Gasteiger partial charge in [-0.1, -0.05) is 36.4 Å². The van der Waals surface area contributed by atoms with Crippen molar-refractivity contribution in [3.63, 3.8) is 0 Å². The third-order valence-corrected chi connectivity index (χ3v) is 5.38. The molecule has 1 aromatic carbocycles. The van der Waals surface area contributed by atoms with Crippen LogP contribution in [0.5, 0.6) is 0 Å². The van der Waals surface area contributed by atoms with Crippen LogP contribution in [0.4, 0.5) is 0 Å².